The SMILES string of the molecule is Cc1cc2[nH]c(=O)c(-c3ccccn3)cc2c(C)n1. The van der Waals surface area contributed by atoms with Crippen molar-refractivity contribution in [1.29, 1.82) is 0 Å². The molecule has 4 heteroatoms. The highest BCUT2D eigenvalue weighted by Gasteiger charge is 2.08. The minimum atomic E-state index is -0.129. The second kappa shape index (κ2) is 4.31. The van der Waals surface area contributed by atoms with E-state index in [1.54, 1.807) is 6.20 Å². The highest BCUT2D eigenvalue weighted by molar-refractivity contribution is 5.84. The monoisotopic (exact) mass is 251 g/mol. The summed E-state index contributed by atoms with van der Waals surface area (Å²) in [5.74, 6) is 0. The molecule has 0 fully saturated rings. The number of rotatable bonds is 1. The fourth-order valence-electron chi connectivity index (χ4n) is 2.24. The lowest BCUT2D eigenvalue weighted by Gasteiger charge is -2.06. The summed E-state index contributed by atoms with van der Waals surface area (Å²) in [6, 6.07) is 9.26. The lowest BCUT2D eigenvalue weighted by Crippen LogP contribution is -2.10. The Bertz CT molecular complexity index is 807. The number of fused-ring (bicyclic) bond motifs is 1. The number of aromatic nitrogens is 3. The van der Waals surface area contributed by atoms with Gasteiger partial charge in [0.25, 0.3) is 5.56 Å². The van der Waals surface area contributed by atoms with Crippen LogP contribution < -0.4 is 5.56 Å². The van der Waals surface area contributed by atoms with Gasteiger partial charge in [0.2, 0.25) is 0 Å². The van der Waals surface area contributed by atoms with Crippen molar-refractivity contribution in [2.75, 3.05) is 0 Å². The summed E-state index contributed by atoms with van der Waals surface area (Å²) >= 11 is 0. The van der Waals surface area contributed by atoms with E-state index < -0.39 is 0 Å². The Hall–Kier alpha value is -2.49. The molecule has 0 radical (unpaired) electrons. The van der Waals surface area contributed by atoms with E-state index in [9.17, 15) is 4.79 Å². The Labute approximate surface area is 110 Å². The Morgan fingerprint density at radius 2 is 2.00 bits per heavy atom. The maximum Gasteiger partial charge on any atom is 0.257 e. The first-order valence-electron chi connectivity index (χ1n) is 6.08. The molecule has 0 unspecified atom stereocenters. The van der Waals surface area contributed by atoms with Crippen molar-refractivity contribution in [3.63, 3.8) is 0 Å². The van der Waals surface area contributed by atoms with Crippen LogP contribution in [0.3, 0.4) is 0 Å². The topological polar surface area (TPSA) is 58.6 Å². The zero-order chi connectivity index (χ0) is 13.4. The van der Waals surface area contributed by atoms with Gasteiger partial charge in [0.1, 0.15) is 0 Å². The van der Waals surface area contributed by atoms with Crippen LogP contribution in [0.15, 0.2) is 41.3 Å². The maximum atomic E-state index is 12.1. The number of aryl methyl sites for hydroxylation is 2. The molecule has 3 aromatic rings. The van der Waals surface area contributed by atoms with Gasteiger partial charge in [-0.1, -0.05) is 6.07 Å². The van der Waals surface area contributed by atoms with Crippen molar-refractivity contribution in [3.05, 3.63) is 58.3 Å². The van der Waals surface area contributed by atoms with Gasteiger partial charge in [-0.3, -0.25) is 14.8 Å². The summed E-state index contributed by atoms with van der Waals surface area (Å²) in [6.45, 7) is 3.85. The van der Waals surface area contributed by atoms with Crippen LogP contribution >= 0.6 is 0 Å². The minimum absolute atomic E-state index is 0.129. The van der Waals surface area contributed by atoms with Crippen molar-refractivity contribution in [3.8, 4) is 11.3 Å². The van der Waals surface area contributed by atoms with E-state index in [2.05, 4.69) is 15.0 Å². The summed E-state index contributed by atoms with van der Waals surface area (Å²) < 4.78 is 0. The first-order chi connectivity index (χ1) is 9.15. The number of H-pyrrole nitrogens is 1. The van der Waals surface area contributed by atoms with Gasteiger partial charge in [0.05, 0.1) is 16.8 Å². The molecule has 3 rings (SSSR count). The van der Waals surface area contributed by atoms with Crippen LogP contribution in [-0.4, -0.2) is 15.0 Å². The second-order valence-electron chi connectivity index (χ2n) is 4.54. The molecule has 0 aromatic carbocycles. The van der Waals surface area contributed by atoms with Crippen molar-refractivity contribution in [2.45, 2.75) is 13.8 Å². The van der Waals surface area contributed by atoms with Crippen LogP contribution in [0.2, 0.25) is 0 Å². The fraction of sp³-hybridized carbons (Fsp3) is 0.133. The molecule has 0 saturated heterocycles. The summed E-state index contributed by atoms with van der Waals surface area (Å²) in [5, 5.41) is 0.950. The van der Waals surface area contributed by atoms with Gasteiger partial charge in [-0.05, 0) is 38.1 Å². The Morgan fingerprint density at radius 1 is 1.16 bits per heavy atom. The van der Waals surface area contributed by atoms with Crippen molar-refractivity contribution >= 4 is 10.9 Å². The lowest BCUT2D eigenvalue weighted by atomic mass is 10.1. The summed E-state index contributed by atoms with van der Waals surface area (Å²) in [6.07, 6.45) is 1.68. The molecule has 4 nitrogen and oxygen atoms in total. The Morgan fingerprint density at radius 3 is 2.74 bits per heavy atom. The zero-order valence-electron chi connectivity index (χ0n) is 10.8. The highest BCUT2D eigenvalue weighted by atomic mass is 16.1. The van der Waals surface area contributed by atoms with Crippen LogP contribution in [-0.2, 0) is 0 Å². The maximum absolute atomic E-state index is 12.1. The second-order valence-corrected chi connectivity index (χ2v) is 4.54. The highest BCUT2D eigenvalue weighted by Crippen LogP contribution is 2.20. The van der Waals surface area contributed by atoms with E-state index in [0.717, 1.165) is 22.3 Å². The van der Waals surface area contributed by atoms with Crippen LogP contribution in [0.25, 0.3) is 22.2 Å². The molecular formula is C15H13N3O. The summed E-state index contributed by atoms with van der Waals surface area (Å²) in [7, 11) is 0. The van der Waals surface area contributed by atoms with Gasteiger partial charge in [-0.2, -0.15) is 0 Å². The quantitative estimate of drug-likeness (QED) is 0.723. The molecule has 0 aliphatic heterocycles. The smallest absolute Gasteiger partial charge is 0.257 e. The van der Waals surface area contributed by atoms with Crippen LogP contribution in [0.5, 0.6) is 0 Å². The first-order valence-corrected chi connectivity index (χ1v) is 6.08. The van der Waals surface area contributed by atoms with E-state index >= 15 is 0 Å². The predicted molar refractivity (Wildman–Crippen MR) is 75.1 cm³/mol. The van der Waals surface area contributed by atoms with Gasteiger partial charge in [0, 0.05) is 23.0 Å². The van der Waals surface area contributed by atoms with Gasteiger partial charge in [-0.25, -0.2) is 0 Å². The predicted octanol–water partition coefficient (Wildman–Crippen LogP) is 2.60. The number of pyridine rings is 3. The molecule has 0 spiro atoms. The van der Waals surface area contributed by atoms with Crippen molar-refractivity contribution in [2.24, 2.45) is 0 Å². The van der Waals surface area contributed by atoms with E-state index in [1.807, 2.05) is 44.2 Å². The fourth-order valence-corrected chi connectivity index (χ4v) is 2.24. The third-order valence-corrected chi connectivity index (χ3v) is 3.10. The van der Waals surface area contributed by atoms with Crippen LogP contribution in [0.1, 0.15) is 11.4 Å². The van der Waals surface area contributed by atoms with Gasteiger partial charge >= 0.3 is 0 Å². The van der Waals surface area contributed by atoms with Crippen LogP contribution in [0, 0.1) is 13.8 Å². The average Bonchev–Trinajstić information content (AvgIpc) is 2.38. The Kier molecular flexibility index (Phi) is 2.63. The third kappa shape index (κ3) is 2.01. The van der Waals surface area contributed by atoms with Gasteiger partial charge in [-0.15, -0.1) is 0 Å². The number of nitrogens with one attached hydrogen (secondary N) is 1. The molecule has 94 valence electrons. The number of aromatic amines is 1. The van der Waals surface area contributed by atoms with Gasteiger partial charge < -0.3 is 4.98 Å². The summed E-state index contributed by atoms with van der Waals surface area (Å²) in [5.41, 5.74) is 3.73. The van der Waals surface area contributed by atoms with E-state index in [1.165, 1.54) is 0 Å². The number of hydrogen-bond acceptors (Lipinski definition) is 3. The molecule has 3 heterocycles. The molecular weight excluding hydrogens is 238 g/mol. The molecule has 0 atom stereocenters. The Balaban J connectivity index is 2.34. The average molecular weight is 251 g/mol. The molecule has 1 N–H and O–H groups in total. The first kappa shape index (κ1) is 11.6. The zero-order valence-corrected chi connectivity index (χ0v) is 10.8. The van der Waals surface area contributed by atoms with E-state index in [0.29, 0.717) is 11.3 Å². The van der Waals surface area contributed by atoms with Crippen LogP contribution in [0.4, 0.5) is 0 Å². The molecule has 0 saturated carbocycles. The number of nitrogens with zero attached hydrogens (tertiary/aromatic N) is 2. The van der Waals surface area contributed by atoms with Crippen molar-refractivity contribution < 1.29 is 0 Å². The minimum Gasteiger partial charge on any atom is -0.321 e. The number of hydrogen-bond donors (Lipinski definition) is 1. The molecule has 0 aliphatic rings. The molecule has 19 heavy (non-hydrogen) atoms. The normalized spacial score (nSPS) is 10.8. The van der Waals surface area contributed by atoms with Gasteiger partial charge in [0.15, 0.2) is 0 Å². The largest absolute Gasteiger partial charge is 0.321 e. The molecule has 3 aromatic heterocycles. The van der Waals surface area contributed by atoms with Crippen molar-refractivity contribution in [1.82, 2.24) is 15.0 Å². The lowest BCUT2D eigenvalue weighted by molar-refractivity contribution is 1.13. The van der Waals surface area contributed by atoms with E-state index in [4.69, 9.17) is 0 Å². The third-order valence-electron chi connectivity index (χ3n) is 3.10. The molecule has 0 aliphatic carbocycles. The molecule has 0 amide bonds. The standard InChI is InChI=1S/C15H13N3O/c1-9-7-14-11(10(2)17-9)8-12(15(19)18-14)13-5-3-4-6-16-13/h3-8H,1-2H3,(H,18,19). The summed E-state index contributed by atoms with van der Waals surface area (Å²) in [4.78, 5) is 23.7. The van der Waals surface area contributed by atoms with E-state index in [-0.39, 0.29) is 5.56 Å². The molecule has 0 bridgehead atoms.